The monoisotopic (exact) mass is 421 g/mol. The number of thiazole rings is 1. The van der Waals surface area contributed by atoms with Crippen molar-refractivity contribution in [2.45, 2.75) is 13.0 Å². The van der Waals surface area contributed by atoms with Crippen molar-refractivity contribution < 1.29 is 19.3 Å². The van der Waals surface area contributed by atoms with E-state index < -0.39 is 0 Å². The van der Waals surface area contributed by atoms with Gasteiger partial charge in [0, 0.05) is 5.56 Å². The average Bonchev–Trinajstić information content (AvgIpc) is 3.23. The maximum Gasteiger partial charge on any atom is 0.232 e. The third kappa shape index (κ3) is 2.96. The smallest absolute Gasteiger partial charge is 0.232 e. The Morgan fingerprint density at radius 1 is 1.30 bits per heavy atom. The standard InChI is InChI=1S/C22H19N3O4S/c1-4-12-6-14(19-15(7-12)24-17(27-3)8-23-19)22-25-18-11(2)5-16-20(21(18)30-22)28-10-13(9-26)29-16/h4-8,13,26H,1,9-10H2,2-3H3. The van der Waals surface area contributed by atoms with Crippen LogP contribution < -0.4 is 14.2 Å². The van der Waals surface area contributed by atoms with Gasteiger partial charge in [0.1, 0.15) is 16.3 Å². The lowest BCUT2D eigenvalue weighted by Gasteiger charge is -2.25. The minimum atomic E-state index is -0.361. The maximum absolute atomic E-state index is 9.39. The first-order valence-electron chi connectivity index (χ1n) is 9.43. The van der Waals surface area contributed by atoms with Crippen molar-refractivity contribution in [1.29, 1.82) is 0 Å². The number of methoxy groups -OCH3 is 1. The second-order valence-electron chi connectivity index (χ2n) is 7.00. The molecule has 7 nitrogen and oxygen atoms in total. The number of benzene rings is 2. The molecule has 2 aromatic carbocycles. The van der Waals surface area contributed by atoms with Crippen LogP contribution in [0.25, 0.3) is 37.9 Å². The lowest BCUT2D eigenvalue weighted by molar-refractivity contribution is 0.0468. The molecule has 0 spiro atoms. The molecule has 1 N–H and O–H groups in total. The van der Waals surface area contributed by atoms with Crippen LogP contribution in [-0.2, 0) is 0 Å². The molecule has 0 radical (unpaired) electrons. The van der Waals surface area contributed by atoms with E-state index in [0.29, 0.717) is 29.5 Å². The summed E-state index contributed by atoms with van der Waals surface area (Å²) in [6.45, 7) is 6.09. The number of hydrogen-bond donors (Lipinski definition) is 1. The lowest BCUT2D eigenvalue weighted by Crippen LogP contribution is -2.32. The van der Waals surface area contributed by atoms with Gasteiger partial charge < -0.3 is 19.3 Å². The summed E-state index contributed by atoms with van der Waals surface area (Å²) in [5.41, 5.74) is 5.08. The molecule has 1 aliphatic heterocycles. The first-order valence-corrected chi connectivity index (χ1v) is 10.2. The van der Waals surface area contributed by atoms with Gasteiger partial charge in [0.2, 0.25) is 5.88 Å². The van der Waals surface area contributed by atoms with Gasteiger partial charge in [-0.25, -0.2) is 15.0 Å². The normalized spacial score (nSPS) is 15.5. The molecule has 0 amide bonds. The number of hydrogen-bond acceptors (Lipinski definition) is 8. The molecular weight excluding hydrogens is 402 g/mol. The largest absolute Gasteiger partial charge is 0.484 e. The summed E-state index contributed by atoms with van der Waals surface area (Å²) in [7, 11) is 1.57. The Labute approximate surface area is 176 Å². The Hall–Kier alpha value is -3.23. The van der Waals surface area contributed by atoms with Crippen molar-refractivity contribution in [2.75, 3.05) is 20.3 Å². The highest BCUT2D eigenvalue weighted by atomic mass is 32.1. The van der Waals surface area contributed by atoms with E-state index in [1.807, 2.05) is 25.1 Å². The SMILES string of the molecule is C=Cc1cc(-c2nc3c(C)cc4c(c3s2)OCC(CO)O4)c2ncc(OC)nc2c1. The van der Waals surface area contributed by atoms with E-state index in [9.17, 15) is 5.11 Å². The number of rotatable bonds is 4. The molecule has 1 aliphatic rings. The zero-order valence-corrected chi connectivity index (χ0v) is 17.3. The molecule has 1 atom stereocenters. The summed E-state index contributed by atoms with van der Waals surface area (Å²) in [6, 6.07) is 5.84. The molecule has 3 heterocycles. The molecule has 5 rings (SSSR count). The van der Waals surface area contributed by atoms with Crippen LogP contribution in [0.3, 0.4) is 0 Å². The van der Waals surface area contributed by atoms with Gasteiger partial charge in [-0.15, -0.1) is 11.3 Å². The van der Waals surface area contributed by atoms with Gasteiger partial charge in [-0.1, -0.05) is 12.7 Å². The fraction of sp³-hybridized carbons (Fsp3) is 0.227. The van der Waals surface area contributed by atoms with E-state index >= 15 is 0 Å². The summed E-state index contributed by atoms with van der Waals surface area (Å²) in [5, 5.41) is 10.2. The van der Waals surface area contributed by atoms with Crippen LogP contribution in [-0.4, -0.2) is 46.5 Å². The van der Waals surface area contributed by atoms with Gasteiger partial charge in [-0.05, 0) is 36.2 Å². The molecule has 8 heteroatoms. The van der Waals surface area contributed by atoms with Gasteiger partial charge in [-0.3, -0.25) is 0 Å². The second kappa shape index (κ2) is 7.23. The minimum absolute atomic E-state index is 0.0903. The zero-order chi connectivity index (χ0) is 20.8. The Bertz CT molecular complexity index is 1300. The number of aliphatic hydroxyl groups is 1. The number of aliphatic hydroxyl groups excluding tert-OH is 1. The maximum atomic E-state index is 9.39. The zero-order valence-electron chi connectivity index (χ0n) is 16.5. The Balaban J connectivity index is 1.73. The fourth-order valence-corrected chi connectivity index (χ4v) is 4.66. The number of aryl methyl sites for hydroxylation is 1. The van der Waals surface area contributed by atoms with Crippen molar-refractivity contribution in [3.8, 4) is 28.0 Å². The van der Waals surface area contributed by atoms with E-state index in [4.69, 9.17) is 19.2 Å². The first-order chi connectivity index (χ1) is 14.6. The lowest BCUT2D eigenvalue weighted by atomic mass is 10.1. The highest BCUT2D eigenvalue weighted by Crippen LogP contribution is 2.46. The van der Waals surface area contributed by atoms with E-state index in [2.05, 4.69) is 16.5 Å². The van der Waals surface area contributed by atoms with Crippen molar-refractivity contribution in [2.24, 2.45) is 0 Å². The second-order valence-corrected chi connectivity index (χ2v) is 8.00. The van der Waals surface area contributed by atoms with Crippen LogP contribution in [0.15, 0.2) is 31.0 Å². The van der Waals surface area contributed by atoms with Crippen molar-refractivity contribution in [1.82, 2.24) is 15.0 Å². The highest BCUT2D eigenvalue weighted by Gasteiger charge is 2.26. The van der Waals surface area contributed by atoms with Gasteiger partial charge in [0.25, 0.3) is 0 Å². The topological polar surface area (TPSA) is 86.6 Å². The molecule has 1 unspecified atom stereocenters. The molecule has 2 aromatic heterocycles. The molecule has 0 saturated carbocycles. The Kier molecular flexibility index (Phi) is 4.52. The molecule has 4 aromatic rings. The van der Waals surface area contributed by atoms with Gasteiger partial charge >= 0.3 is 0 Å². The molecule has 0 fully saturated rings. The Morgan fingerprint density at radius 2 is 2.17 bits per heavy atom. The summed E-state index contributed by atoms with van der Waals surface area (Å²) in [4.78, 5) is 14.0. The minimum Gasteiger partial charge on any atom is -0.484 e. The van der Waals surface area contributed by atoms with E-state index in [1.165, 1.54) is 11.3 Å². The molecule has 0 saturated heterocycles. The van der Waals surface area contributed by atoms with E-state index in [0.717, 1.165) is 37.4 Å². The first kappa shape index (κ1) is 18.8. The van der Waals surface area contributed by atoms with Crippen LogP contribution in [0.4, 0.5) is 0 Å². The highest BCUT2D eigenvalue weighted by molar-refractivity contribution is 7.22. The molecule has 152 valence electrons. The molecule has 0 aliphatic carbocycles. The summed E-state index contributed by atoms with van der Waals surface area (Å²) >= 11 is 1.52. The summed E-state index contributed by atoms with van der Waals surface area (Å²) in [5.74, 6) is 1.75. The van der Waals surface area contributed by atoms with Crippen LogP contribution in [0, 0.1) is 6.92 Å². The molecular formula is C22H19N3O4S. The number of nitrogens with zero attached hydrogens (tertiary/aromatic N) is 3. The van der Waals surface area contributed by atoms with E-state index in [1.54, 1.807) is 19.4 Å². The van der Waals surface area contributed by atoms with Crippen LogP contribution in [0.1, 0.15) is 11.1 Å². The predicted octanol–water partition coefficient (Wildman–Crippen LogP) is 4.00. The van der Waals surface area contributed by atoms with Crippen molar-refractivity contribution in [3.63, 3.8) is 0 Å². The quantitative estimate of drug-likeness (QED) is 0.533. The predicted molar refractivity (Wildman–Crippen MR) is 117 cm³/mol. The van der Waals surface area contributed by atoms with Gasteiger partial charge in [-0.2, -0.15) is 0 Å². The Morgan fingerprint density at radius 3 is 2.93 bits per heavy atom. The van der Waals surface area contributed by atoms with E-state index in [-0.39, 0.29) is 12.7 Å². The van der Waals surface area contributed by atoms with Crippen LogP contribution in [0.5, 0.6) is 17.4 Å². The third-order valence-corrected chi connectivity index (χ3v) is 6.10. The van der Waals surface area contributed by atoms with Gasteiger partial charge in [0.05, 0.1) is 36.5 Å². The van der Waals surface area contributed by atoms with Gasteiger partial charge in [0.15, 0.2) is 17.6 Å². The number of fused-ring (bicyclic) bond motifs is 4. The number of aromatic nitrogens is 3. The van der Waals surface area contributed by atoms with Crippen molar-refractivity contribution in [3.05, 3.63) is 42.1 Å². The summed E-state index contributed by atoms with van der Waals surface area (Å²) < 4.78 is 17.9. The average molecular weight is 421 g/mol. The van der Waals surface area contributed by atoms with Crippen molar-refractivity contribution >= 4 is 38.7 Å². The summed E-state index contributed by atoms with van der Waals surface area (Å²) in [6.07, 6.45) is 3.02. The fourth-order valence-electron chi connectivity index (χ4n) is 3.51. The number of ether oxygens (including phenoxy) is 3. The third-order valence-electron chi connectivity index (χ3n) is 5.01. The van der Waals surface area contributed by atoms with Crippen LogP contribution >= 0.6 is 11.3 Å². The van der Waals surface area contributed by atoms with Crippen LogP contribution in [0.2, 0.25) is 0 Å². The molecule has 30 heavy (non-hydrogen) atoms. The molecule has 0 bridgehead atoms.